The third-order valence-corrected chi connectivity index (χ3v) is 3.28. The number of hydrogen-bond donors (Lipinski definition) is 0. The van der Waals surface area contributed by atoms with Crippen LogP contribution in [-0.4, -0.2) is 16.7 Å². The van der Waals surface area contributed by atoms with Gasteiger partial charge in [-0.2, -0.15) is 4.98 Å². The first-order chi connectivity index (χ1) is 10.3. The highest BCUT2D eigenvalue weighted by atomic mass is 35.5. The van der Waals surface area contributed by atoms with Crippen molar-refractivity contribution < 1.29 is 9.26 Å². The molecule has 1 aromatic heterocycles. The van der Waals surface area contributed by atoms with Crippen molar-refractivity contribution in [3.8, 4) is 28.6 Å². The van der Waals surface area contributed by atoms with Crippen molar-refractivity contribution in [2.75, 3.05) is 6.61 Å². The van der Waals surface area contributed by atoms with E-state index in [-0.39, 0.29) is 0 Å². The van der Waals surface area contributed by atoms with Gasteiger partial charge < -0.3 is 9.26 Å². The number of halogens is 1. The van der Waals surface area contributed by atoms with E-state index in [1.54, 1.807) is 6.07 Å². The van der Waals surface area contributed by atoms with Crippen LogP contribution < -0.4 is 4.74 Å². The van der Waals surface area contributed by atoms with Crippen LogP contribution in [0.15, 0.2) is 53.1 Å². The van der Waals surface area contributed by atoms with Gasteiger partial charge in [0.05, 0.1) is 11.6 Å². The summed E-state index contributed by atoms with van der Waals surface area (Å²) in [6.45, 7) is 2.58. The van der Waals surface area contributed by atoms with E-state index in [4.69, 9.17) is 20.9 Å². The number of benzene rings is 2. The number of aromatic nitrogens is 2. The first-order valence-corrected chi connectivity index (χ1v) is 6.97. The minimum atomic E-state index is 0.452. The van der Waals surface area contributed by atoms with Gasteiger partial charge >= 0.3 is 0 Å². The predicted octanol–water partition coefficient (Wildman–Crippen LogP) is 4.46. The molecular weight excluding hydrogens is 288 g/mol. The molecular formula is C16H13ClN2O2. The van der Waals surface area contributed by atoms with E-state index in [1.165, 1.54) is 0 Å². The van der Waals surface area contributed by atoms with Gasteiger partial charge in [0.25, 0.3) is 5.89 Å². The lowest BCUT2D eigenvalue weighted by molar-refractivity contribution is 0.340. The highest BCUT2D eigenvalue weighted by molar-refractivity contribution is 6.33. The summed E-state index contributed by atoms with van der Waals surface area (Å²) in [5.74, 6) is 1.74. The fourth-order valence-corrected chi connectivity index (χ4v) is 2.17. The fraction of sp³-hybridized carbons (Fsp3) is 0.125. The molecule has 0 N–H and O–H groups in total. The molecule has 0 spiro atoms. The summed E-state index contributed by atoms with van der Waals surface area (Å²) in [6, 6.07) is 14.9. The second-order valence-electron chi connectivity index (χ2n) is 4.36. The monoisotopic (exact) mass is 300 g/mol. The van der Waals surface area contributed by atoms with Crippen molar-refractivity contribution in [2.45, 2.75) is 6.92 Å². The molecule has 0 saturated carbocycles. The quantitative estimate of drug-likeness (QED) is 0.714. The Kier molecular flexibility index (Phi) is 3.88. The molecule has 0 bridgehead atoms. The summed E-state index contributed by atoms with van der Waals surface area (Å²) in [4.78, 5) is 4.38. The SMILES string of the molecule is CCOc1ccc(-c2nc(-c3ccccc3Cl)no2)cc1. The molecule has 21 heavy (non-hydrogen) atoms. The maximum Gasteiger partial charge on any atom is 0.258 e. The van der Waals surface area contributed by atoms with Gasteiger partial charge in [0, 0.05) is 11.1 Å². The van der Waals surface area contributed by atoms with Crippen LogP contribution in [0.5, 0.6) is 5.75 Å². The lowest BCUT2D eigenvalue weighted by Gasteiger charge is -2.02. The average Bonchev–Trinajstić information content (AvgIpc) is 2.98. The number of ether oxygens (including phenoxy) is 1. The number of nitrogens with zero attached hydrogens (tertiary/aromatic N) is 2. The maximum absolute atomic E-state index is 6.13. The zero-order valence-electron chi connectivity index (χ0n) is 11.4. The van der Waals surface area contributed by atoms with Gasteiger partial charge in [0.2, 0.25) is 5.82 Å². The summed E-state index contributed by atoms with van der Waals surface area (Å²) in [7, 11) is 0. The van der Waals surface area contributed by atoms with Gasteiger partial charge in [-0.05, 0) is 43.3 Å². The lowest BCUT2D eigenvalue weighted by atomic mass is 10.2. The summed E-state index contributed by atoms with van der Waals surface area (Å²) in [6.07, 6.45) is 0. The van der Waals surface area contributed by atoms with Crippen molar-refractivity contribution in [3.63, 3.8) is 0 Å². The fourth-order valence-electron chi connectivity index (χ4n) is 1.95. The maximum atomic E-state index is 6.13. The van der Waals surface area contributed by atoms with E-state index in [1.807, 2.05) is 49.4 Å². The Morgan fingerprint density at radius 1 is 1.10 bits per heavy atom. The van der Waals surface area contributed by atoms with Crippen LogP contribution >= 0.6 is 11.6 Å². The molecule has 0 atom stereocenters. The Balaban J connectivity index is 1.89. The Labute approximate surface area is 127 Å². The Bertz CT molecular complexity index is 738. The molecule has 106 valence electrons. The molecule has 5 heteroatoms. The minimum absolute atomic E-state index is 0.452. The third kappa shape index (κ3) is 2.90. The summed E-state index contributed by atoms with van der Waals surface area (Å²) < 4.78 is 10.7. The van der Waals surface area contributed by atoms with Crippen LogP contribution in [0.1, 0.15) is 6.92 Å². The van der Waals surface area contributed by atoms with Gasteiger partial charge in [0.15, 0.2) is 0 Å². The lowest BCUT2D eigenvalue weighted by Crippen LogP contribution is -1.90. The Morgan fingerprint density at radius 3 is 2.57 bits per heavy atom. The first kappa shape index (κ1) is 13.6. The molecule has 1 heterocycles. The highest BCUT2D eigenvalue weighted by Crippen LogP contribution is 2.28. The van der Waals surface area contributed by atoms with E-state index >= 15 is 0 Å². The standard InChI is InChI=1S/C16H13ClN2O2/c1-2-20-12-9-7-11(8-10-12)16-18-15(19-21-16)13-5-3-4-6-14(13)17/h3-10H,2H2,1H3. The molecule has 4 nitrogen and oxygen atoms in total. The molecule has 0 saturated heterocycles. The van der Waals surface area contributed by atoms with E-state index in [0.29, 0.717) is 23.3 Å². The highest BCUT2D eigenvalue weighted by Gasteiger charge is 2.12. The molecule has 0 aliphatic rings. The van der Waals surface area contributed by atoms with Crippen molar-refractivity contribution in [2.24, 2.45) is 0 Å². The van der Waals surface area contributed by atoms with Crippen molar-refractivity contribution in [1.82, 2.24) is 10.1 Å². The summed E-state index contributed by atoms with van der Waals surface area (Å²) >= 11 is 6.13. The van der Waals surface area contributed by atoms with Crippen LogP contribution in [-0.2, 0) is 0 Å². The number of hydrogen-bond acceptors (Lipinski definition) is 4. The molecule has 0 aliphatic heterocycles. The molecule has 3 aromatic rings. The topological polar surface area (TPSA) is 48.2 Å². The van der Waals surface area contributed by atoms with Gasteiger partial charge in [-0.1, -0.05) is 28.9 Å². The molecule has 0 radical (unpaired) electrons. The van der Waals surface area contributed by atoms with Crippen LogP contribution in [0.2, 0.25) is 5.02 Å². The van der Waals surface area contributed by atoms with Crippen molar-refractivity contribution in [1.29, 1.82) is 0 Å². The molecule has 0 fully saturated rings. The van der Waals surface area contributed by atoms with Crippen molar-refractivity contribution in [3.05, 3.63) is 53.6 Å². The zero-order valence-corrected chi connectivity index (χ0v) is 12.2. The molecule has 0 aliphatic carbocycles. The molecule has 3 rings (SSSR count). The molecule has 0 unspecified atom stereocenters. The minimum Gasteiger partial charge on any atom is -0.494 e. The Hall–Kier alpha value is -2.33. The average molecular weight is 301 g/mol. The third-order valence-electron chi connectivity index (χ3n) is 2.95. The summed E-state index contributed by atoms with van der Waals surface area (Å²) in [5, 5.41) is 4.57. The molecule has 2 aromatic carbocycles. The second-order valence-corrected chi connectivity index (χ2v) is 4.77. The number of rotatable bonds is 4. The first-order valence-electron chi connectivity index (χ1n) is 6.60. The smallest absolute Gasteiger partial charge is 0.258 e. The van der Waals surface area contributed by atoms with Crippen LogP contribution in [0, 0.1) is 0 Å². The van der Waals surface area contributed by atoms with Crippen LogP contribution in [0.3, 0.4) is 0 Å². The van der Waals surface area contributed by atoms with Gasteiger partial charge in [-0.15, -0.1) is 0 Å². The Morgan fingerprint density at radius 2 is 1.86 bits per heavy atom. The predicted molar refractivity (Wildman–Crippen MR) is 81.3 cm³/mol. The largest absolute Gasteiger partial charge is 0.494 e. The van der Waals surface area contributed by atoms with Crippen LogP contribution in [0.4, 0.5) is 0 Å². The van der Waals surface area contributed by atoms with Crippen molar-refractivity contribution >= 4 is 11.6 Å². The normalized spacial score (nSPS) is 10.6. The van der Waals surface area contributed by atoms with Gasteiger partial charge in [-0.3, -0.25) is 0 Å². The van der Waals surface area contributed by atoms with Crippen LogP contribution in [0.25, 0.3) is 22.8 Å². The van der Waals surface area contributed by atoms with E-state index in [9.17, 15) is 0 Å². The molecule has 0 amide bonds. The second kappa shape index (κ2) is 5.97. The zero-order chi connectivity index (χ0) is 14.7. The van der Waals surface area contributed by atoms with Gasteiger partial charge in [0.1, 0.15) is 5.75 Å². The van der Waals surface area contributed by atoms with E-state index < -0.39 is 0 Å². The van der Waals surface area contributed by atoms with Gasteiger partial charge in [-0.25, -0.2) is 0 Å². The van der Waals surface area contributed by atoms with E-state index in [0.717, 1.165) is 16.9 Å². The summed E-state index contributed by atoms with van der Waals surface area (Å²) in [5.41, 5.74) is 1.59. The van der Waals surface area contributed by atoms with E-state index in [2.05, 4.69) is 10.1 Å².